The Balaban J connectivity index is 1.48. The lowest BCUT2D eigenvalue weighted by molar-refractivity contribution is -0.126. The Kier molecular flexibility index (Phi) is 9.52. The van der Waals surface area contributed by atoms with Crippen LogP contribution in [0, 0.1) is 20.8 Å². The van der Waals surface area contributed by atoms with E-state index in [4.69, 9.17) is 14.3 Å². The molecule has 0 bridgehead atoms. The topological polar surface area (TPSA) is 98.2 Å². The third-order valence-electron chi connectivity index (χ3n) is 5.93. The summed E-state index contributed by atoms with van der Waals surface area (Å²) in [6, 6.07) is 9.48. The van der Waals surface area contributed by atoms with Crippen molar-refractivity contribution in [2.24, 2.45) is 5.16 Å². The zero-order valence-corrected chi connectivity index (χ0v) is 21.0. The van der Waals surface area contributed by atoms with Crippen LogP contribution in [0.4, 0.5) is 5.69 Å². The maximum atomic E-state index is 12.4. The van der Waals surface area contributed by atoms with Gasteiger partial charge in [-0.25, -0.2) is 0 Å². The van der Waals surface area contributed by atoms with Crippen LogP contribution >= 0.6 is 0 Å². The van der Waals surface area contributed by atoms with Crippen LogP contribution in [0.3, 0.4) is 0 Å². The van der Waals surface area contributed by atoms with Crippen molar-refractivity contribution in [1.82, 2.24) is 5.32 Å². The van der Waals surface area contributed by atoms with Crippen molar-refractivity contribution in [1.29, 1.82) is 0 Å². The molecular weight excluding hydrogens is 446 g/mol. The maximum absolute atomic E-state index is 12.4. The van der Waals surface area contributed by atoms with E-state index < -0.39 is 0 Å². The van der Waals surface area contributed by atoms with Gasteiger partial charge in [0.1, 0.15) is 0 Å². The van der Waals surface area contributed by atoms with Crippen molar-refractivity contribution < 1.29 is 23.9 Å². The lowest BCUT2D eigenvalue weighted by atomic mass is 9.95. The number of benzene rings is 2. The van der Waals surface area contributed by atoms with Gasteiger partial charge in [-0.15, -0.1) is 0 Å². The number of carbonyl (C=O) groups is 2. The van der Waals surface area contributed by atoms with Crippen LogP contribution in [0.25, 0.3) is 0 Å². The van der Waals surface area contributed by atoms with Crippen LogP contribution in [0.5, 0.6) is 11.5 Å². The third kappa shape index (κ3) is 8.02. The number of methoxy groups -OCH3 is 1. The standard InChI is InChI=1S/C27H35N3O5/c1-18-12-19(2)27(20(3)13-18)30-25(31)16-34-23-11-10-21(14-24(23)33-4)15-28-35-17-26(32)29-22-8-6-5-7-9-22/h10-15,22H,5-9,16-17H2,1-4H3,(H,29,32)(H,30,31). The van der Waals surface area contributed by atoms with Gasteiger partial charge in [0.15, 0.2) is 24.7 Å². The first-order valence-corrected chi connectivity index (χ1v) is 12.0. The zero-order chi connectivity index (χ0) is 25.2. The molecule has 8 heteroatoms. The molecule has 0 unspecified atom stereocenters. The van der Waals surface area contributed by atoms with Gasteiger partial charge in [-0.2, -0.15) is 0 Å². The molecule has 188 valence electrons. The van der Waals surface area contributed by atoms with E-state index in [1.165, 1.54) is 19.7 Å². The molecule has 2 aromatic carbocycles. The number of ether oxygens (including phenoxy) is 2. The van der Waals surface area contributed by atoms with Crippen molar-refractivity contribution in [3.63, 3.8) is 0 Å². The molecule has 2 aromatic rings. The van der Waals surface area contributed by atoms with Crippen molar-refractivity contribution >= 4 is 23.7 Å². The van der Waals surface area contributed by atoms with Crippen LogP contribution in [0.15, 0.2) is 35.5 Å². The summed E-state index contributed by atoms with van der Waals surface area (Å²) in [5, 5.41) is 9.78. The summed E-state index contributed by atoms with van der Waals surface area (Å²) in [6.07, 6.45) is 7.09. The number of carbonyl (C=O) groups excluding carboxylic acids is 2. The SMILES string of the molecule is COc1cc(C=NOCC(=O)NC2CCCCC2)ccc1OCC(=O)Nc1c(C)cc(C)cc1C. The van der Waals surface area contributed by atoms with Gasteiger partial charge >= 0.3 is 0 Å². The molecule has 1 aliphatic carbocycles. The van der Waals surface area contributed by atoms with E-state index >= 15 is 0 Å². The minimum atomic E-state index is -0.257. The van der Waals surface area contributed by atoms with Crippen molar-refractivity contribution in [3.8, 4) is 11.5 Å². The fourth-order valence-corrected chi connectivity index (χ4v) is 4.29. The molecule has 1 aliphatic rings. The number of hydrogen-bond donors (Lipinski definition) is 2. The second-order valence-electron chi connectivity index (χ2n) is 8.93. The van der Waals surface area contributed by atoms with Crippen LogP contribution in [0.2, 0.25) is 0 Å². The van der Waals surface area contributed by atoms with Crippen molar-refractivity contribution in [2.45, 2.75) is 58.9 Å². The Morgan fingerprint density at radius 1 is 0.971 bits per heavy atom. The molecule has 0 atom stereocenters. The number of hydrogen-bond acceptors (Lipinski definition) is 6. The summed E-state index contributed by atoms with van der Waals surface area (Å²) in [6.45, 7) is 5.67. The van der Waals surface area contributed by atoms with E-state index in [9.17, 15) is 9.59 Å². The van der Waals surface area contributed by atoms with Gasteiger partial charge in [-0.1, -0.05) is 42.1 Å². The Morgan fingerprint density at radius 3 is 2.37 bits per heavy atom. The highest BCUT2D eigenvalue weighted by Gasteiger charge is 2.16. The number of anilines is 1. The molecule has 1 fully saturated rings. The summed E-state index contributed by atoms with van der Waals surface area (Å²) < 4.78 is 11.1. The normalized spacial score (nSPS) is 13.9. The van der Waals surface area contributed by atoms with Gasteiger partial charge in [-0.05, 0) is 62.9 Å². The monoisotopic (exact) mass is 481 g/mol. The smallest absolute Gasteiger partial charge is 0.262 e. The number of oxime groups is 1. The van der Waals surface area contributed by atoms with E-state index in [2.05, 4.69) is 15.8 Å². The molecular formula is C27H35N3O5. The Bertz CT molecular complexity index is 1040. The van der Waals surface area contributed by atoms with E-state index in [1.54, 1.807) is 18.2 Å². The molecule has 1 saturated carbocycles. The minimum Gasteiger partial charge on any atom is -0.493 e. The van der Waals surface area contributed by atoms with Crippen LogP contribution < -0.4 is 20.1 Å². The van der Waals surface area contributed by atoms with Gasteiger partial charge in [-0.3, -0.25) is 9.59 Å². The van der Waals surface area contributed by atoms with Gasteiger partial charge in [0.05, 0.1) is 13.3 Å². The maximum Gasteiger partial charge on any atom is 0.262 e. The van der Waals surface area contributed by atoms with E-state index in [0.29, 0.717) is 17.1 Å². The molecule has 0 aromatic heterocycles. The summed E-state index contributed by atoms with van der Waals surface area (Å²) in [5.41, 5.74) is 4.67. The number of amides is 2. The summed E-state index contributed by atoms with van der Waals surface area (Å²) in [4.78, 5) is 29.6. The number of nitrogens with zero attached hydrogens (tertiary/aromatic N) is 1. The first-order valence-electron chi connectivity index (χ1n) is 12.0. The average Bonchev–Trinajstić information content (AvgIpc) is 2.83. The van der Waals surface area contributed by atoms with E-state index in [-0.39, 0.29) is 31.1 Å². The molecule has 0 radical (unpaired) electrons. The summed E-state index contributed by atoms with van der Waals surface area (Å²) in [7, 11) is 1.52. The van der Waals surface area contributed by atoms with Crippen molar-refractivity contribution in [3.05, 3.63) is 52.6 Å². The predicted octanol–water partition coefficient (Wildman–Crippen LogP) is 4.44. The molecule has 3 rings (SSSR count). The second kappa shape index (κ2) is 12.8. The Hall–Kier alpha value is -3.55. The third-order valence-corrected chi connectivity index (χ3v) is 5.93. The largest absolute Gasteiger partial charge is 0.493 e. The minimum absolute atomic E-state index is 0.125. The van der Waals surface area contributed by atoms with Crippen molar-refractivity contribution in [2.75, 3.05) is 25.6 Å². The summed E-state index contributed by atoms with van der Waals surface area (Å²) in [5.74, 6) is 0.474. The van der Waals surface area contributed by atoms with Crippen LogP contribution in [-0.2, 0) is 14.4 Å². The summed E-state index contributed by atoms with van der Waals surface area (Å²) >= 11 is 0. The molecule has 0 spiro atoms. The fraction of sp³-hybridized carbons (Fsp3) is 0.444. The van der Waals surface area contributed by atoms with Gasteiger partial charge < -0.3 is 24.9 Å². The molecule has 2 N–H and O–H groups in total. The van der Waals surface area contributed by atoms with E-state index in [0.717, 1.165) is 48.1 Å². The molecule has 0 saturated heterocycles. The fourth-order valence-electron chi connectivity index (χ4n) is 4.29. The molecule has 0 aliphatic heterocycles. The first kappa shape index (κ1) is 26.1. The molecule has 35 heavy (non-hydrogen) atoms. The quantitative estimate of drug-likeness (QED) is 0.386. The zero-order valence-electron chi connectivity index (χ0n) is 21.0. The number of rotatable bonds is 10. The Morgan fingerprint density at radius 2 is 1.69 bits per heavy atom. The lowest BCUT2D eigenvalue weighted by Crippen LogP contribution is -2.38. The highest BCUT2D eigenvalue weighted by Crippen LogP contribution is 2.28. The van der Waals surface area contributed by atoms with Crippen LogP contribution in [-0.4, -0.2) is 44.4 Å². The average molecular weight is 482 g/mol. The highest BCUT2D eigenvalue weighted by atomic mass is 16.6. The highest BCUT2D eigenvalue weighted by molar-refractivity contribution is 5.93. The first-order chi connectivity index (χ1) is 16.9. The number of nitrogens with one attached hydrogen (secondary N) is 2. The van der Waals surface area contributed by atoms with Gasteiger partial charge in [0.2, 0.25) is 0 Å². The predicted molar refractivity (Wildman–Crippen MR) is 136 cm³/mol. The van der Waals surface area contributed by atoms with Gasteiger partial charge in [0.25, 0.3) is 11.8 Å². The second-order valence-corrected chi connectivity index (χ2v) is 8.93. The molecule has 8 nitrogen and oxygen atoms in total. The van der Waals surface area contributed by atoms with Crippen LogP contribution in [0.1, 0.15) is 54.4 Å². The van der Waals surface area contributed by atoms with Gasteiger partial charge in [0, 0.05) is 17.3 Å². The number of aryl methyl sites for hydroxylation is 3. The Labute approximate surface area is 207 Å². The molecule has 2 amide bonds. The lowest BCUT2D eigenvalue weighted by Gasteiger charge is -2.22. The molecule has 0 heterocycles. The van der Waals surface area contributed by atoms with E-state index in [1.807, 2.05) is 32.9 Å².